The highest BCUT2D eigenvalue weighted by molar-refractivity contribution is 5.85. The second-order valence-corrected chi connectivity index (χ2v) is 4.70. The van der Waals surface area contributed by atoms with Gasteiger partial charge in [0.25, 0.3) is 0 Å². The lowest BCUT2D eigenvalue weighted by Crippen LogP contribution is -2.28. The number of halogens is 1. The Bertz CT molecular complexity index is 345. The van der Waals surface area contributed by atoms with Gasteiger partial charge in [0, 0.05) is 19.0 Å². The molecule has 2 heterocycles. The fourth-order valence-corrected chi connectivity index (χ4v) is 2.09. The number of aromatic nitrogens is 2. The fraction of sp³-hybridized carbons (Fsp3) is 0.818. The first kappa shape index (κ1) is 12.8. The van der Waals surface area contributed by atoms with Gasteiger partial charge in [0.2, 0.25) is 5.89 Å². The molecule has 1 aliphatic carbocycles. The minimum absolute atomic E-state index is 0. The van der Waals surface area contributed by atoms with E-state index >= 15 is 0 Å². The second-order valence-electron chi connectivity index (χ2n) is 4.70. The first-order chi connectivity index (χ1) is 7.92. The third-order valence-corrected chi connectivity index (χ3v) is 3.21. The quantitative estimate of drug-likeness (QED) is 0.882. The van der Waals surface area contributed by atoms with Crippen molar-refractivity contribution < 1.29 is 4.52 Å². The monoisotopic (exact) mass is 258 g/mol. The molecular formula is C11H19ClN4O. The number of nitrogens with zero attached hydrogens (tertiary/aromatic N) is 3. The van der Waals surface area contributed by atoms with E-state index in [2.05, 4.69) is 20.4 Å². The molecule has 3 rings (SSSR count). The summed E-state index contributed by atoms with van der Waals surface area (Å²) in [5.41, 5.74) is 0. The van der Waals surface area contributed by atoms with Crippen LogP contribution in [0.3, 0.4) is 0 Å². The van der Waals surface area contributed by atoms with Crippen LogP contribution in [0.25, 0.3) is 0 Å². The Balaban J connectivity index is 0.00000108. The Morgan fingerprint density at radius 3 is 3.00 bits per heavy atom. The highest BCUT2D eigenvalue weighted by atomic mass is 35.5. The molecule has 2 aliphatic rings. The first-order valence-electron chi connectivity index (χ1n) is 6.17. The molecule has 1 N–H and O–H groups in total. The lowest BCUT2D eigenvalue weighted by atomic mass is 10.4. The number of nitrogens with one attached hydrogen (secondary N) is 1. The zero-order chi connectivity index (χ0) is 10.8. The van der Waals surface area contributed by atoms with Crippen LogP contribution in [0, 0.1) is 0 Å². The molecule has 0 aromatic carbocycles. The van der Waals surface area contributed by atoms with E-state index in [1.54, 1.807) is 0 Å². The molecule has 0 bridgehead atoms. The van der Waals surface area contributed by atoms with Crippen molar-refractivity contribution in [3.05, 3.63) is 11.7 Å². The van der Waals surface area contributed by atoms with Crippen LogP contribution < -0.4 is 5.32 Å². The number of hydrogen-bond donors (Lipinski definition) is 1. The van der Waals surface area contributed by atoms with Gasteiger partial charge < -0.3 is 9.84 Å². The summed E-state index contributed by atoms with van der Waals surface area (Å²) in [5, 5.41) is 7.44. The summed E-state index contributed by atoms with van der Waals surface area (Å²) < 4.78 is 5.26. The molecule has 1 aromatic heterocycles. The lowest BCUT2D eigenvalue weighted by Gasteiger charge is -2.16. The molecule has 1 saturated heterocycles. The van der Waals surface area contributed by atoms with Crippen molar-refractivity contribution >= 4 is 12.4 Å². The molecule has 1 aliphatic heterocycles. The van der Waals surface area contributed by atoms with Crippen LogP contribution in [0.15, 0.2) is 4.52 Å². The van der Waals surface area contributed by atoms with E-state index in [9.17, 15) is 0 Å². The predicted octanol–water partition coefficient (Wildman–Crippen LogP) is 1.16. The molecular weight excluding hydrogens is 240 g/mol. The van der Waals surface area contributed by atoms with E-state index in [0.29, 0.717) is 5.92 Å². The molecule has 0 unspecified atom stereocenters. The van der Waals surface area contributed by atoms with Gasteiger partial charge in [-0.3, -0.25) is 4.90 Å². The average molecular weight is 259 g/mol. The maximum absolute atomic E-state index is 5.26. The smallest absolute Gasteiger partial charge is 0.229 e. The molecule has 2 fully saturated rings. The summed E-state index contributed by atoms with van der Waals surface area (Å²) in [4.78, 5) is 6.85. The Morgan fingerprint density at radius 1 is 1.29 bits per heavy atom. The van der Waals surface area contributed by atoms with Crippen LogP contribution in [-0.4, -0.2) is 41.2 Å². The lowest BCUT2D eigenvalue weighted by molar-refractivity contribution is 0.270. The first-order valence-corrected chi connectivity index (χ1v) is 6.17. The molecule has 96 valence electrons. The van der Waals surface area contributed by atoms with Crippen LogP contribution >= 0.6 is 12.4 Å². The molecule has 0 spiro atoms. The van der Waals surface area contributed by atoms with Gasteiger partial charge >= 0.3 is 0 Å². The van der Waals surface area contributed by atoms with Crippen molar-refractivity contribution in [1.29, 1.82) is 0 Å². The molecule has 0 atom stereocenters. The van der Waals surface area contributed by atoms with Gasteiger partial charge in [0.15, 0.2) is 5.82 Å². The van der Waals surface area contributed by atoms with Crippen LogP contribution in [-0.2, 0) is 6.54 Å². The Labute approximate surface area is 107 Å². The van der Waals surface area contributed by atoms with E-state index in [-0.39, 0.29) is 12.4 Å². The van der Waals surface area contributed by atoms with Gasteiger partial charge in [-0.15, -0.1) is 12.4 Å². The fourth-order valence-electron chi connectivity index (χ4n) is 2.09. The van der Waals surface area contributed by atoms with Crippen LogP contribution in [0.4, 0.5) is 0 Å². The van der Waals surface area contributed by atoms with Crippen molar-refractivity contribution in [2.24, 2.45) is 0 Å². The largest absolute Gasteiger partial charge is 0.339 e. The topological polar surface area (TPSA) is 54.2 Å². The van der Waals surface area contributed by atoms with Crippen LogP contribution in [0.1, 0.15) is 36.9 Å². The van der Waals surface area contributed by atoms with Crippen molar-refractivity contribution in [3.8, 4) is 0 Å². The minimum atomic E-state index is 0. The summed E-state index contributed by atoms with van der Waals surface area (Å²) in [6, 6.07) is 0. The van der Waals surface area contributed by atoms with E-state index in [1.807, 2.05) is 0 Å². The van der Waals surface area contributed by atoms with Crippen LogP contribution in [0.5, 0.6) is 0 Å². The summed E-state index contributed by atoms with van der Waals surface area (Å²) in [6.45, 7) is 5.22. The number of hydrogen-bond acceptors (Lipinski definition) is 5. The van der Waals surface area contributed by atoms with Gasteiger partial charge in [0.05, 0.1) is 6.54 Å². The zero-order valence-corrected chi connectivity index (χ0v) is 10.7. The SMILES string of the molecule is C1CNCCN(Cc2noc(C3CC3)n2)C1.Cl. The van der Waals surface area contributed by atoms with E-state index in [4.69, 9.17) is 4.52 Å². The van der Waals surface area contributed by atoms with Crippen molar-refractivity contribution in [2.75, 3.05) is 26.2 Å². The molecule has 17 heavy (non-hydrogen) atoms. The maximum atomic E-state index is 5.26. The third kappa shape index (κ3) is 3.40. The van der Waals surface area contributed by atoms with E-state index in [0.717, 1.165) is 44.4 Å². The highest BCUT2D eigenvalue weighted by Gasteiger charge is 2.29. The Hall–Kier alpha value is -0.650. The van der Waals surface area contributed by atoms with Gasteiger partial charge in [0.1, 0.15) is 0 Å². The van der Waals surface area contributed by atoms with Crippen molar-refractivity contribution in [2.45, 2.75) is 31.7 Å². The van der Waals surface area contributed by atoms with Gasteiger partial charge in [-0.25, -0.2) is 0 Å². The predicted molar refractivity (Wildman–Crippen MR) is 66.3 cm³/mol. The third-order valence-electron chi connectivity index (χ3n) is 3.21. The molecule has 0 radical (unpaired) electrons. The van der Waals surface area contributed by atoms with Gasteiger partial charge in [-0.1, -0.05) is 5.16 Å². The van der Waals surface area contributed by atoms with Crippen molar-refractivity contribution in [1.82, 2.24) is 20.4 Å². The summed E-state index contributed by atoms with van der Waals surface area (Å²) in [6.07, 6.45) is 3.64. The molecule has 6 heteroatoms. The molecule has 0 amide bonds. The molecule has 5 nitrogen and oxygen atoms in total. The summed E-state index contributed by atoms with van der Waals surface area (Å²) in [7, 11) is 0. The van der Waals surface area contributed by atoms with Gasteiger partial charge in [-0.05, 0) is 32.4 Å². The average Bonchev–Trinajstić information content (AvgIpc) is 3.07. The summed E-state index contributed by atoms with van der Waals surface area (Å²) >= 11 is 0. The van der Waals surface area contributed by atoms with E-state index < -0.39 is 0 Å². The number of rotatable bonds is 3. The minimum Gasteiger partial charge on any atom is -0.339 e. The molecule has 1 aromatic rings. The van der Waals surface area contributed by atoms with E-state index in [1.165, 1.54) is 19.3 Å². The maximum Gasteiger partial charge on any atom is 0.229 e. The highest BCUT2D eigenvalue weighted by Crippen LogP contribution is 2.38. The zero-order valence-electron chi connectivity index (χ0n) is 9.89. The Kier molecular flexibility index (Phi) is 4.36. The second kappa shape index (κ2) is 5.80. The van der Waals surface area contributed by atoms with Crippen LogP contribution in [0.2, 0.25) is 0 Å². The van der Waals surface area contributed by atoms with Crippen molar-refractivity contribution in [3.63, 3.8) is 0 Å². The molecule has 1 saturated carbocycles. The Morgan fingerprint density at radius 2 is 2.18 bits per heavy atom. The summed E-state index contributed by atoms with van der Waals surface area (Å²) in [5.74, 6) is 2.26. The normalized spacial score (nSPS) is 21.9. The van der Waals surface area contributed by atoms with Gasteiger partial charge in [-0.2, -0.15) is 4.98 Å². The standard InChI is InChI=1S/C11H18N4O.ClH/c1-4-12-5-7-15(6-1)8-10-13-11(16-14-10)9-2-3-9;/h9,12H,1-8H2;1H.